The lowest BCUT2D eigenvalue weighted by molar-refractivity contribution is -0.121. The van der Waals surface area contributed by atoms with Crippen LogP contribution in [0.25, 0.3) is 0 Å². The highest BCUT2D eigenvalue weighted by Crippen LogP contribution is 2.22. The van der Waals surface area contributed by atoms with Gasteiger partial charge in [0.2, 0.25) is 5.91 Å². The van der Waals surface area contributed by atoms with Crippen LogP contribution in [0.1, 0.15) is 46.3 Å². The van der Waals surface area contributed by atoms with Crippen molar-refractivity contribution in [2.45, 2.75) is 32.6 Å². The van der Waals surface area contributed by atoms with Gasteiger partial charge in [-0.1, -0.05) is 43.3 Å². The summed E-state index contributed by atoms with van der Waals surface area (Å²) >= 11 is 0. The Hall–Kier alpha value is -2.62. The smallest absolute Gasteiger partial charge is 0.335 e. The van der Waals surface area contributed by atoms with Crippen molar-refractivity contribution in [3.63, 3.8) is 0 Å². The van der Waals surface area contributed by atoms with Crippen LogP contribution >= 0.6 is 0 Å². The summed E-state index contributed by atoms with van der Waals surface area (Å²) in [6.45, 7) is 4.67. The summed E-state index contributed by atoms with van der Waals surface area (Å²) < 4.78 is 0. The zero-order chi connectivity index (χ0) is 17.5. The average molecular weight is 325 g/mol. The maximum Gasteiger partial charge on any atom is 0.335 e. The third-order valence-corrected chi connectivity index (χ3v) is 4.15. The Morgan fingerprint density at radius 1 is 1.08 bits per heavy atom. The van der Waals surface area contributed by atoms with Gasteiger partial charge in [0.25, 0.3) is 0 Å². The Bertz CT molecular complexity index is 707. The lowest BCUT2D eigenvalue weighted by Crippen LogP contribution is -2.26. The molecule has 0 saturated carbocycles. The van der Waals surface area contributed by atoms with Crippen LogP contribution < -0.4 is 5.32 Å². The van der Waals surface area contributed by atoms with Gasteiger partial charge in [0.15, 0.2) is 0 Å². The predicted molar refractivity (Wildman–Crippen MR) is 94.3 cm³/mol. The predicted octanol–water partition coefficient (Wildman–Crippen LogP) is 3.55. The number of carboxylic acids is 1. The van der Waals surface area contributed by atoms with E-state index in [4.69, 9.17) is 5.11 Å². The number of hydrogen-bond acceptors (Lipinski definition) is 2. The summed E-state index contributed by atoms with van der Waals surface area (Å²) in [5.74, 6) is -0.714. The largest absolute Gasteiger partial charge is 0.478 e. The maximum absolute atomic E-state index is 12.1. The molecule has 0 aliphatic carbocycles. The van der Waals surface area contributed by atoms with Gasteiger partial charge in [-0.3, -0.25) is 4.79 Å². The molecule has 1 atom stereocenters. The van der Waals surface area contributed by atoms with Gasteiger partial charge in [0.1, 0.15) is 0 Å². The fourth-order valence-corrected chi connectivity index (χ4v) is 2.76. The molecule has 2 aromatic carbocycles. The highest BCUT2D eigenvalue weighted by molar-refractivity contribution is 5.87. The molecule has 24 heavy (non-hydrogen) atoms. The van der Waals surface area contributed by atoms with Gasteiger partial charge < -0.3 is 10.4 Å². The van der Waals surface area contributed by atoms with Crippen LogP contribution in [-0.4, -0.2) is 23.5 Å². The number of aryl methyl sites for hydroxylation is 1. The van der Waals surface area contributed by atoms with E-state index >= 15 is 0 Å². The van der Waals surface area contributed by atoms with Crippen molar-refractivity contribution in [3.8, 4) is 0 Å². The molecule has 0 fully saturated rings. The quantitative estimate of drug-likeness (QED) is 0.818. The molecule has 2 N–H and O–H groups in total. The van der Waals surface area contributed by atoms with Gasteiger partial charge >= 0.3 is 5.97 Å². The second kappa shape index (κ2) is 8.29. The molecule has 0 aromatic heterocycles. The minimum atomic E-state index is -0.931. The van der Waals surface area contributed by atoms with Crippen molar-refractivity contribution in [1.29, 1.82) is 0 Å². The van der Waals surface area contributed by atoms with Crippen LogP contribution in [0.4, 0.5) is 0 Å². The molecular formula is C20H23NO3. The Kier molecular flexibility index (Phi) is 6.13. The molecule has 0 bridgehead atoms. The Labute approximate surface area is 142 Å². The summed E-state index contributed by atoms with van der Waals surface area (Å²) in [5, 5.41) is 11.8. The summed E-state index contributed by atoms with van der Waals surface area (Å²) in [5.41, 5.74) is 3.69. The van der Waals surface area contributed by atoms with Crippen LogP contribution in [0.3, 0.4) is 0 Å². The molecule has 126 valence electrons. The maximum atomic E-state index is 12.1. The number of amides is 1. The minimum absolute atomic E-state index is 0.0351. The molecule has 0 heterocycles. The van der Waals surface area contributed by atoms with Crippen molar-refractivity contribution in [2.75, 3.05) is 6.54 Å². The van der Waals surface area contributed by atoms with Crippen molar-refractivity contribution < 1.29 is 14.7 Å². The number of carbonyl (C=O) groups excluding carboxylic acids is 1. The number of nitrogens with one attached hydrogen (secondary N) is 1. The van der Waals surface area contributed by atoms with Gasteiger partial charge in [-0.15, -0.1) is 0 Å². The highest BCUT2D eigenvalue weighted by atomic mass is 16.4. The monoisotopic (exact) mass is 325 g/mol. The van der Waals surface area contributed by atoms with Crippen LogP contribution in [0.15, 0.2) is 48.5 Å². The van der Waals surface area contributed by atoms with Crippen LogP contribution in [-0.2, 0) is 11.2 Å². The average Bonchev–Trinajstić information content (AvgIpc) is 2.55. The summed E-state index contributed by atoms with van der Waals surface area (Å²) in [6.07, 6.45) is 1.15. The summed E-state index contributed by atoms with van der Waals surface area (Å²) in [7, 11) is 0. The molecule has 2 aromatic rings. The van der Waals surface area contributed by atoms with Crippen molar-refractivity contribution >= 4 is 11.9 Å². The highest BCUT2D eigenvalue weighted by Gasteiger charge is 2.12. The van der Waals surface area contributed by atoms with E-state index in [1.807, 2.05) is 12.1 Å². The van der Waals surface area contributed by atoms with Crippen molar-refractivity contribution in [3.05, 3.63) is 70.8 Å². The second-order valence-electron chi connectivity index (χ2n) is 6.06. The number of carbonyl (C=O) groups is 2. The Morgan fingerprint density at radius 3 is 2.38 bits per heavy atom. The van der Waals surface area contributed by atoms with Gasteiger partial charge in [0, 0.05) is 13.0 Å². The van der Waals surface area contributed by atoms with E-state index in [0.717, 1.165) is 5.56 Å². The number of benzene rings is 2. The first kappa shape index (κ1) is 17.7. The minimum Gasteiger partial charge on any atom is -0.478 e. The lowest BCUT2D eigenvalue weighted by atomic mass is 9.93. The fraction of sp³-hybridized carbons (Fsp3) is 0.300. The van der Waals surface area contributed by atoms with Gasteiger partial charge in [-0.05, 0) is 48.1 Å². The Balaban J connectivity index is 1.79. The second-order valence-corrected chi connectivity index (χ2v) is 6.06. The third-order valence-electron chi connectivity index (χ3n) is 4.15. The van der Waals surface area contributed by atoms with Crippen LogP contribution in [0.2, 0.25) is 0 Å². The first-order valence-electron chi connectivity index (χ1n) is 8.12. The zero-order valence-electron chi connectivity index (χ0n) is 14.1. The first-order chi connectivity index (χ1) is 11.5. The van der Waals surface area contributed by atoms with E-state index in [1.54, 1.807) is 24.3 Å². The van der Waals surface area contributed by atoms with Crippen LogP contribution in [0.5, 0.6) is 0 Å². The number of carboxylic acid groups (broad SMARTS) is 1. The fourth-order valence-electron chi connectivity index (χ4n) is 2.76. The Morgan fingerprint density at radius 2 is 1.75 bits per heavy atom. The topological polar surface area (TPSA) is 66.4 Å². The molecule has 4 nitrogen and oxygen atoms in total. The first-order valence-corrected chi connectivity index (χ1v) is 8.12. The van der Waals surface area contributed by atoms with E-state index < -0.39 is 5.97 Å². The number of rotatable bonds is 7. The van der Waals surface area contributed by atoms with E-state index in [1.165, 1.54) is 11.1 Å². The molecule has 1 unspecified atom stereocenters. The molecular weight excluding hydrogens is 302 g/mol. The van der Waals surface area contributed by atoms with Gasteiger partial charge in [-0.25, -0.2) is 4.79 Å². The summed E-state index contributed by atoms with van der Waals surface area (Å²) in [4.78, 5) is 22.9. The van der Waals surface area contributed by atoms with Crippen LogP contribution in [0, 0.1) is 6.92 Å². The van der Waals surface area contributed by atoms with E-state index in [-0.39, 0.29) is 17.4 Å². The molecule has 4 heteroatoms. The zero-order valence-corrected chi connectivity index (χ0v) is 14.1. The van der Waals surface area contributed by atoms with Crippen molar-refractivity contribution in [1.82, 2.24) is 5.32 Å². The lowest BCUT2D eigenvalue weighted by Gasteiger charge is -2.14. The number of aromatic carboxylic acids is 1. The van der Waals surface area contributed by atoms with E-state index in [0.29, 0.717) is 19.4 Å². The molecule has 0 aliphatic heterocycles. The normalized spacial score (nSPS) is 11.8. The van der Waals surface area contributed by atoms with E-state index in [9.17, 15) is 9.59 Å². The van der Waals surface area contributed by atoms with Gasteiger partial charge in [-0.2, -0.15) is 0 Å². The molecule has 2 rings (SSSR count). The summed E-state index contributed by atoms with van der Waals surface area (Å²) in [6, 6.07) is 14.9. The number of hydrogen-bond donors (Lipinski definition) is 2. The van der Waals surface area contributed by atoms with Crippen molar-refractivity contribution in [2.24, 2.45) is 0 Å². The SMILES string of the molecule is Cc1ccccc1C(C)CC(=O)NCCc1ccc(C(=O)O)cc1. The molecule has 0 radical (unpaired) electrons. The van der Waals surface area contributed by atoms with Gasteiger partial charge in [0.05, 0.1) is 5.56 Å². The van der Waals surface area contributed by atoms with E-state index in [2.05, 4.69) is 31.3 Å². The molecule has 0 spiro atoms. The molecule has 0 saturated heterocycles. The molecule has 1 amide bonds. The standard InChI is InChI=1S/C20H23NO3/c1-14-5-3-4-6-18(14)15(2)13-19(22)21-12-11-16-7-9-17(10-8-16)20(23)24/h3-10,15H,11-13H2,1-2H3,(H,21,22)(H,23,24). The third kappa shape index (κ3) is 4.95. The molecule has 0 aliphatic rings.